The topological polar surface area (TPSA) is 46.2 Å². The highest BCUT2D eigenvalue weighted by atomic mass is 16.2. The van der Waals surface area contributed by atoms with Crippen molar-refractivity contribution in [2.45, 2.75) is 0 Å². The Morgan fingerprint density at radius 3 is 1.62 bits per heavy atom. The fourth-order valence-corrected chi connectivity index (χ4v) is 0. The maximum Gasteiger partial charge on any atom is 0.0609 e. The van der Waals surface area contributed by atoms with Gasteiger partial charge in [-0.1, -0.05) is 12.2 Å². The molecule has 0 bridgehead atoms. The molecule has 0 aromatic rings. The lowest BCUT2D eigenvalue weighted by molar-refractivity contribution is 0.343. The summed E-state index contributed by atoms with van der Waals surface area (Å²) in [6.45, 7) is 7.25. The van der Waals surface area contributed by atoms with Crippen LogP contribution in [-0.2, 0) is 0 Å². The van der Waals surface area contributed by atoms with Crippen molar-refractivity contribution in [2.75, 3.05) is 13.2 Å². The molecule has 0 rings (SSSR count). The van der Waals surface area contributed by atoms with Gasteiger partial charge in [0.1, 0.15) is 0 Å². The van der Waals surface area contributed by atoms with Crippen LogP contribution in [-0.4, -0.2) is 18.3 Å². The van der Waals surface area contributed by atoms with Crippen molar-refractivity contribution < 1.29 is 5.11 Å². The molecule has 0 aliphatic rings. The van der Waals surface area contributed by atoms with Crippen molar-refractivity contribution in [1.82, 2.24) is 0 Å². The summed E-state index contributed by atoms with van der Waals surface area (Å²) in [5.41, 5.74) is 4.91. The van der Waals surface area contributed by atoms with Gasteiger partial charge in [0, 0.05) is 6.54 Å². The average molecular weight is 115 g/mol. The highest BCUT2D eigenvalue weighted by Gasteiger charge is 1.45. The third kappa shape index (κ3) is 53.3. The average Bonchev–Trinajstić information content (AvgIpc) is 1.88. The Hall–Kier alpha value is -0.600. The number of hydrogen-bond acceptors (Lipinski definition) is 2. The predicted molar refractivity (Wildman–Crippen MR) is 36.5 cm³/mol. The van der Waals surface area contributed by atoms with Gasteiger partial charge in [0.25, 0.3) is 0 Å². The minimum absolute atomic E-state index is 0.0833. The molecule has 0 saturated carbocycles. The summed E-state index contributed by atoms with van der Waals surface area (Å²) < 4.78 is 0. The van der Waals surface area contributed by atoms with Crippen LogP contribution in [0.5, 0.6) is 0 Å². The van der Waals surface area contributed by atoms with E-state index >= 15 is 0 Å². The van der Waals surface area contributed by atoms with Crippen LogP contribution in [0.1, 0.15) is 0 Å². The van der Waals surface area contributed by atoms with Crippen LogP contribution in [0.3, 0.4) is 0 Å². The van der Waals surface area contributed by atoms with E-state index in [1.165, 1.54) is 6.08 Å². The molecule has 2 nitrogen and oxygen atoms in total. The number of hydrogen-bond donors (Lipinski definition) is 2. The zero-order chi connectivity index (χ0) is 6.83. The van der Waals surface area contributed by atoms with Crippen molar-refractivity contribution in [1.29, 1.82) is 0 Å². The van der Waals surface area contributed by atoms with Gasteiger partial charge < -0.3 is 10.8 Å². The third-order valence-corrected chi connectivity index (χ3v) is 0.296. The SMILES string of the molecule is C=CCN.C=CCO. The number of rotatable bonds is 2. The van der Waals surface area contributed by atoms with Gasteiger partial charge in [-0.05, 0) is 0 Å². The quantitative estimate of drug-likeness (QED) is 0.508. The molecule has 0 saturated heterocycles. The largest absolute Gasteiger partial charge is 0.392 e. The maximum absolute atomic E-state index is 7.76. The summed E-state index contributed by atoms with van der Waals surface area (Å²) in [7, 11) is 0. The van der Waals surface area contributed by atoms with Gasteiger partial charge in [0.2, 0.25) is 0 Å². The van der Waals surface area contributed by atoms with Crippen LogP contribution in [0.15, 0.2) is 25.3 Å². The van der Waals surface area contributed by atoms with Gasteiger partial charge >= 0.3 is 0 Å². The van der Waals surface area contributed by atoms with E-state index in [2.05, 4.69) is 13.2 Å². The molecule has 48 valence electrons. The molecule has 0 aromatic heterocycles. The van der Waals surface area contributed by atoms with Crippen molar-refractivity contribution in [2.24, 2.45) is 5.73 Å². The molecule has 0 unspecified atom stereocenters. The molecule has 0 atom stereocenters. The first-order valence-electron chi connectivity index (χ1n) is 2.36. The fourth-order valence-electron chi connectivity index (χ4n) is 0. The highest BCUT2D eigenvalue weighted by Crippen LogP contribution is 1.46. The van der Waals surface area contributed by atoms with Crippen molar-refractivity contribution in [3.8, 4) is 0 Å². The fraction of sp³-hybridized carbons (Fsp3) is 0.333. The van der Waals surface area contributed by atoms with Crippen molar-refractivity contribution in [3.63, 3.8) is 0 Å². The lowest BCUT2D eigenvalue weighted by Crippen LogP contribution is -1.90. The summed E-state index contributed by atoms with van der Waals surface area (Å²) in [6.07, 6.45) is 3.08. The normalized spacial score (nSPS) is 6.25. The Balaban J connectivity index is 0. The van der Waals surface area contributed by atoms with Crippen molar-refractivity contribution >= 4 is 0 Å². The van der Waals surface area contributed by atoms with Gasteiger partial charge in [0.05, 0.1) is 6.61 Å². The number of aliphatic hydroxyl groups excluding tert-OH is 1. The first kappa shape index (κ1) is 10.4. The van der Waals surface area contributed by atoms with E-state index in [0.29, 0.717) is 6.54 Å². The van der Waals surface area contributed by atoms with Gasteiger partial charge in [-0.3, -0.25) is 0 Å². The molecular formula is C6H13NO. The Labute approximate surface area is 50.3 Å². The molecule has 3 N–H and O–H groups in total. The summed E-state index contributed by atoms with van der Waals surface area (Å²) in [5, 5.41) is 7.76. The molecule has 8 heavy (non-hydrogen) atoms. The third-order valence-electron chi connectivity index (χ3n) is 0.296. The monoisotopic (exact) mass is 115 g/mol. The number of nitrogens with two attached hydrogens (primary N) is 1. The second kappa shape index (κ2) is 16.1. The lowest BCUT2D eigenvalue weighted by Gasteiger charge is -1.61. The Bertz CT molecular complexity index is 44.5. The van der Waals surface area contributed by atoms with Crippen LogP contribution < -0.4 is 5.73 Å². The molecule has 0 radical (unpaired) electrons. The van der Waals surface area contributed by atoms with Crippen LogP contribution in [0.4, 0.5) is 0 Å². The zero-order valence-corrected chi connectivity index (χ0v) is 5.01. The van der Waals surface area contributed by atoms with Crippen molar-refractivity contribution in [3.05, 3.63) is 25.3 Å². The van der Waals surface area contributed by atoms with E-state index in [1.54, 1.807) is 6.08 Å². The van der Waals surface area contributed by atoms with Gasteiger partial charge in [-0.2, -0.15) is 0 Å². The van der Waals surface area contributed by atoms with Crippen LogP contribution in [0, 0.1) is 0 Å². The van der Waals surface area contributed by atoms with E-state index in [-0.39, 0.29) is 6.61 Å². The van der Waals surface area contributed by atoms with E-state index in [9.17, 15) is 0 Å². The Kier molecular flexibility index (Phi) is 21.0. The van der Waals surface area contributed by atoms with E-state index in [1.807, 2.05) is 0 Å². The van der Waals surface area contributed by atoms with Crippen LogP contribution >= 0.6 is 0 Å². The second-order valence-electron chi connectivity index (χ2n) is 0.996. The summed E-state index contributed by atoms with van der Waals surface area (Å²) in [6, 6.07) is 0. The second-order valence-corrected chi connectivity index (χ2v) is 0.996. The molecule has 0 amide bonds. The smallest absolute Gasteiger partial charge is 0.0609 e. The molecule has 0 heterocycles. The first-order valence-corrected chi connectivity index (χ1v) is 2.36. The van der Waals surface area contributed by atoms with E-state index in [0.717, 1.165) is 0 Å². The van der Waals surface area contributed by atoms with Gasteiger partial charge in [0.15, 0.2) is 0 Å². The molecule has 0 aliphatic carbocycles. The molecule has 0 aromatic carbocycles. The maximum atomic E-state index is 7.76. The Morgan fingerprint density at radius 1 is 1.38 bits per heavy atom. The minimum Gasteiger partial charge on any atom is -0.392 e. The molecule has 0 aliphatic heterocycles. The highest BCUT2D eigenvalue weighted by molar-refractivity contribution is 4.64. The minimum atomic E-state index is 0.0833. The molecular weight excluding hydrogens is 102 g/mol. The lowest BCUT2D eigenvalue weighted by atomic mass is 10.7. The number of aliphatic hydroxyl groups is 1. The van der Waals surface area contributed by atoms with E-state index in [4.69, 9.17) is 10.8 Å². The predicted octanol–water partition coefficient (Wildman–Crippen LogP) is 0.296. The molecule has 2 heteroatoms. The Morgan fingerprint density at radius 2 is 1.62 bits per heavy atom. The van der Waals surface area contributed by atoms with Crippen LogP contribution in [0.25, 0.3) is 0 Å². The molecule has 0 fully saturated rings. The summed E-state index contributed by atoms with van der Waals surface area (Å²) >= 11 is 0. The van der Waals surface area contributed by atoms with E-state index < -0.39 is 0 Å². The van der Waals surface area contributed by atoms with Gasteiger partial charge in [-0.25, -0.2) is 0 Å². The first-order chi connectivity index (χ1) is 3.83. The summed E-state index contributed by atoms with van der Waals surface area (Å²) in [5.74, 6) is 0. The van der Waals surface area contributed by atoms with Crippen LogP contribution in [0.2, 0.25) is 0 Å². The zero-order valence-electron chi connectivity index (χ0n) is 5.01. The summed E-state index contributed by atoms with van der Waals surface area (Å²) in [4.78, 5) is 0. The van der Waals surface area contributed by atoms with Gasteiger partial charge in [-0.15, -0.1) is 13.2 Å². The molecule has 0 spiro atoms. The standard InChI is InChI=1S/C3H7N.C3H6O/c2*1-2-3-4/h2H,1,3-4H2;2,4H,1,3H2.